The van der Waals surface area contributed by atoms with Gasteiger partial charge >= 0.3 is 0 Å². The molecule has 4 rings (SSSR count). The Labute approximate surface area is 151 Å². The van der Waals surface area contributed by atoms with Crippen molar-refractivity contribution in [3.63, 3.8) is 0 Å². The Balaban J connectivity index is 1.58. The molecule has 26 heavy (non-hydrogen) atoms. The van der Waals surface area contributed by atoms with E-state index in [0.29, 0.717) is 5.39 Å². The van der Waals surface area contributed by atoms with E-state index in [2.05, 4.69) is 26.7 Å². The first-order valence-corrected chi connectivity index (χ1v) is 9.03. The highest BCUT2D eigenvalue weighted by atomic mass is 16.1. The maximum absolute atomic E-state index is 12.0. The first-order chi connectivity index (χ1) is 12.8. The standard InChI is InChI=1S/C19H22N6O/c1-2-9-25-14-21-19(26)15-6-7-17(22-18(15)25)24-12-10-23(11-13-24)16-5-3-4-8-20-16/h3-8,14H,2,9-13H2,1H3. The second-order valence-corrected chi connectivity index (χ2v) is 6.45. The van der Waals surface area contributed by atoms with Crippen molar-refractivity contribution in [1.29, 1.82) is 0 Å². The van der Waals surface area contributed by atoms with Crippen molar-refractivity contribution in [1.82, 2.24) is 19.5 Å². The fourth-order valence-corrected chi connectivity index (χ4v) is 3.36. The largest absolute Gasteiger partial charge is 0.353 e. The molecule has 0 radical (unpaired) electrons. The number of pyridine rings is 2. The Morgan fingerprint density at radius 1 is 0.962 bits per heavy atom. The van der Waals surface area contributed by atoms with Crippen molar-refractivity contribution < 1.29 is 0 Å². The first kappa shape index (κ1) is 16.5. The van der Waals surface area contributed by atoms with Crippen LogP contribution >= 0.6 is 0 Å². The van der Waals surface area contributed by atoms with Crippen LogP contribution in [0.5, 0.6) is 0 Å². The van der Waals surface area contributed by atoms with E-state index in [0.717, 1.165) is 56.4 Å². The van der Waals surface area contributed by atoms with Gasteiger partial charge in [0.05, 0.1) is 5.39 Å². The Morgan fingerprint density at radius 2 is 1.73 bits per heavy atom. The number of nitrogens with zero attached hydrogens (tertiary/aromatic N) is 6. The van der Waals surface area contributed by atoms with Gasteiger partial charge in [0.25, 0.3) is 5.56 Å². The summed E-state index contributed by atoms with van der Waals surface area (Å²) in [6.07, 6.45) is 4.39. The molecular weight excluding hydrogens is 328 g/mol. The quantitative estimate of drug-likeness (QED) is 0.716. The molecule has 1 fully saturated rings. The summed E-state index contributed by atoms with van der Waals surface area (Å²) in [6.45, 7) is 6.44. The number of aromatic nitrogens is 4. The molecule has 134 valence electrons. The number of piperazine rings is 1. The van der Waals surface area contributed by atoms with Crippen molar-refractivity contribution in [2.24, 2.45) is 0 Å². The molecule has 1 aliphatic rings. The fraction of sp³-hybridized carbons (Fsp3) is 0.368. The van der Waals surface area contributed by atoms with Gasteiger partial charge in [0.2, 0.25) is 0 Å². The Hall–Kier alpha value is -2.96. The highest BCUT2D eigenvalue weighted by Gasteiger charge is 2.19. The van der Waals surface area contributed by atoms with Crippen LogP contribution in [-0.4, -0.2) is 45.7 Å². The van der Waals surface area contributed by atoms with E-state index in [1.807, 2.05) is 41.1 Å². The van der Waals surface area contributed by atoms with Crippen LogP contribution in [0.25, 0.3) is 11.0 Å². The maximum atomic E-state index is 12.0. The zero-order valence-electron chi connectivity index (χ0n) is 14.9. The lowest BCUT2D eigenvalue weighted by Crippen LogP contribution is -2.47. The first-order valence-electron chi connectivity index (χ1n) is 9.03. The van der Waals surface area contributed by atoms with Crippen LogP contribution in [-0.2, 0) is 6.54 Å². The van der Waals surface area contributed by atoms with Crippen LogP contribution in [0.3, 0.4) is 0 Å². The highest BCUT2D eigenvalue weighted by Crippen LogP contribution is 2.19. The van der Waals surface area contributed by atoms with Crippen molar-refractivity contribution >= 4 is 22.7 Å². The van der Waals surface area contributed by atoms with E-state index in [4.69, 9.17) is 4.98 Å². The van der Waals surface area contributed by atoms with Crippen LogP contribution in [0, 0.1) is 0 Å². The lowest BCUT2D eigenvalue weighted by molar-refractivity contribution is 0.639. The van der Waals surface area contributed by atoms with Gasteiger partial charge < -0.3 is 14.4 Å². The van der Waals surface area contributed by atoms with E-state index in [-0.39, 0.29) is 5.56 Å². The minimum atomic E-state index is -0.216. The normalized spacial score (nSPS) is 14.8. The van der Waals surface area contributed by atoms with Crippen LogP contribution in [0.4, 0.5) is 11.6 Å². The highest BCUT2D eigenvalue weighted by molar-refractivity contribution is 5.76. The molecule has 3 aromatic rings. The summed E-state index contributed by atoms with van der Waals surface area (Å²) < 4.78 is 1.96. The average Bonchev–Trinajstić information content (AvgIpc) is 2.71. The van der Waals surface area contributed by atoms with Gasteiger partial charge in [-0.25, -0.2) is 9.97 Å². The van der Waals surface area contributed by atoms with Crippen molar-refractivity contribution in [3.05, 3.63) is 53.2 Å². The third-order valence-electron chi connectivity index (χ3n) is 4.72. The van der Waals surface area contributed by atoms with Crippen LogP contribution in [0.2, 0.25) is 0 Å². The summed E-state index contributed by atoms with van der Waals surface area (Å²) in [5, 5.41) is 0.580. The lowest BCUT2D eigenvalue weighted by atomic mass is 10.2. The predicted octanol–water partition coefficient (Wildman–Crippen LogP) is 1.92. The number of rotatable bonds is 4. The Morgan fingerprint density at radius 3 is 2.42 bits per heavy atom. The zero-order chi connectivity index (χ0) is 17.9. The number of hydrogen-bond acceptors (Lipinski definition) is 6. The van der Waals surface area contributed by atoms with Crippen LogP contribution in [0.1, 0.15) is 13.3 Å². The SMILES string of the molecule is CCCn1cnc(=O)c2ccc(N3CCN(c4ccccn4)CC3)nc21. The molecule has 0 saturated carbocycles. The van der Waals surface area contributed by atoms with Crippen molar-refractivity contribution in [2.75, 3.05) is 36.0 Å². The number of hydrogen-bond donors (Lipinski definition) is 0. The average molecular weight is 350 g/mol. The lowest BCUT2D eigenvalue weighted by Gasteiger charge is -2.36. The molecule has 1 saturated heterocycles. The molecule has 0 unspecified atom stereocenters. The smallest absolute Gasteiger partial charge is 0.282 e. The summed E-state index contributed by atoms with van der Waals surface area (Å²) in [5.41, 5.74) is 0.503. The monoisotopic (exact) mass is 350 g/mol. The third-order valence-corrected chi connectivity index (χ3v) is 4.72. The zero-order valence-corrected chi connectivity index (χ0v) is 14.9. The van der Waals surface area contributed by atoms with Crippen LogP contribution < -0.4 is 15.4 Å². The molecule has 0 aliphatic carbocycles. The molecule has 4 heterocycles. The number of aryl methyl sites for hydroxylation is 1. The molecule has 0 bridgehead atoms. The van der Waals surface area contributed by atoms with Gasteiger partial charge in [-0.05, 0) is 30.7 Å². The van der Waals surface area contributed by atoms with E-state index < -0.39 is 0 Å². The van der Waals surface area contributed by atoms with E-state index >= 15 is 0 Å². The molecule has 7 heteroatoms. The van der Waals surface area contributed by atoms with Crippen molar-refractivity contribution in [2.45, 2.75) is 19.9 Å². The predicted molar refractivity (Wildman–Crippen MR) is 103 cm³/mol. The maximum Gasteiger partial charge on any atom is 0.282 e. The van der Waals surface area contributed by atoms with E-state index in [1.54, 1.807) is 6.33 Å². The molecule has 0 atom stereocenters. The summed E-state index contributed by atoms with van der Waals surface area (Å²) in [7, 11) is 0. The second kappa shape index (κ2) is 7.11. The van der Waals surface area contributed by atoms with Crippen molar-refractivity contribution in [3.8, 4) is 0 Å². The van der Waals surface area contributed by atoms with Gasteiger partial charge in [0, 0.05) is 38.9 Å². The molecule has 3 aromatic heterocycles. The Bertz CT molecular complexity index is 947. The summed E-state index contributed by atoms with van der Waals surface area (Å²) in [5.74, 6) is 1.93. The Kier molecular flexibility index (Phi) is 4.51. The molecular formula is C19H22N6O. The molecule has 7 nitrogen and oxygen atoms in total. The topological polar surface area (TPSA) is 67.2 Å². The van der Waals surface area contributed by atoms with Gasteiger partial charge in [0.1, 0.15) is 23.6 Å². The minimum absolute atomic E-state index is 0.216. The second-order valence-electron chi connectivity index (χ2n) is 6.45. The fourth-order valence-electron chi connectivity index (χ4n) is 3.36. The van der Waals surface area contributed by atoms with Gasteiger partial charge in [-0.1, -0.05) is 13.0 Å². The van der Waals surface area contributed by atoms with E-state index in [9.17, 15) is 4.79 Å². The minimum Gasteiger partial charge on any atom is -0.353 e. The van der Waals surface area contributed by atoms with Gasteiger partial charge in [-0.2, -0.15) is 4.98 Å². The van der Waals surface area contributed by atoms with Gasteiger partial charge in [0.15, 0.2) is 0 Å². The van der Waals surface area contributed by atoms with Gasteiger partial charge in [-0.3, -0.25) is 4.79 Å². The van der Waals surface area contributed by atoms with Crippen LogP contribution in [0.15, 0.2) is 47.7 Å². The van der Waals surface area contributed by atoms with E-state index in [1.165, 1.54) is 0 Å². The molecule has 0 aromatic carbocycles. The summed E-state index contributed by atoms with van der Waals surface area (Å²) in [6, 6.07) is 9.77. The summed E-state index contributed by atoms with van der Waals surface area (Å²) >= 11 is 0. The summed E-state index contributed by atoms with van der Waals surface area (Å²) in [4.78, 5) is 29.8. The molecule has 0 N–H and O–H groups in total. The van der Waals surface area contributed by atoms with Gasteiger partial charge in [-0.15, -0.1) is 0 Å². The molecule has 0 amide bonds. The number of fused-ring (bicyclic) bond motifs is 1. The third kappa shape index (κ3) is 3.12. The number of anilines is 2. The molecule has 1 aliphatic heterocycles. The molecule has 0 spiro atoms.